The zero-order valence-electron chi connectivity index (χ0n) is 12.5. The second kappa shape index (κ2) is 6.80. The Bertz CT molecular complexity index is 686. The molecular formula is C16H17N3O3. The van der Waals surface area contributed by atoms with Crippen molar-refractivity contribution in [3.63, 3.8) is 0 Å². The molecule has 2 aromatic rings. The van der Waals surface area contributed by atoms with Crippen molar-refractivity contribution in [2.24, 2.45) is 0 Å². The first-order chi connectivity index (χ1) is 10.5. The third kappa shape index (κ3) is 3.88. The monoisotopic (exact) mass is 299 g/mol. The largest absolute Gasteiger partial charge is 0.478 e. The van der Waals surface area contributed by atoms with Gasteiger partial charge in [-0.15, -0.1) is 0 Å². The van der Waals surface area contributed by atoms with Crippen molar-refractivity contribution in [3.8, 4) is 0 Å². The first-order valence-electron chi connectivity index (χ1n) is 6.81. The first-order valence-corrected chi connectivity index (χ1v) is 6.81. The lowest BCUT2D eigenvalue weighted by Crippen LogP contribution is -2.28. The second-order valence-electron chi connectivity index (χ2n) is 5.00. The van der Waals surface area contributed by atoms with Gasteiger partial charge in [-0.1, -0.05) is 30.3 Å². The molecule has 6 nitrogen and oxygen atoms in total. The molecule has 0 radical (unpaired) electrons. The highest BCUT2D eigenvalue weighted by Crippen LogP contribution is 2.07. The fraction of sp³-hybridized carbons (Fsp3) is 0.250. The third-order valence-corrected chi connectivity index (χ3v) is 3.26. The highest BCUT2D eigenvalue weighted by molar-refractivity contribution is 5.88. The molecule has 0 saturated heterocycles. The number of amides is 1. The number of aromatic carboxylic acids is 1. The zero-order chi connectivity index (χ0) is 16.1. The summed E-state index contributed by atoms with van der Waals surface area (Å²) >= 11 is 0. The number of nitrogens with zero attached hydrogens (tertiary/aromatic N) is 3. The average molecular weight is 299 g/mol. The summed E-state index contributed by atoms with van der Waals surface area (Å²) in [6.07, 6.45) is 1.29. The number of benzene rings is 1. The number of carbonyl (C=O) groups is 2. The summed E-state index contributed by atoms with van der Waals surface area (Å²) in [5, 5.41) is 8.94. The van der Waals surface area contributed by atoms with Crippen molar-refractivity contribution in [2.75, 3.05) is 7.05 Å². The van der Waals surface area contributed by atoms with Crippen LogP contribution in [0.1, 0.15) is 27.4 Å². The summed E-state index contributed by atoms with van der Waals surface area (Å²) in [4.78, 5) is 32.7. The van der Waals surface area contributed by atoms with E-state index in [2.05, 4.69) is 9.97 Å². The number of hydrogen-bond acceptors (Lipinski definition) is 4. The molecule has 0 saturated carbocycles. The molecule has 6 heteroatoms. The van der Waals surface area contributed by atoms with E-state index in [1.807, 2.05) is 30.3 Å². The van der Waals surface area contributed by atoms with Gasteiger partial charge in [0.2, 0.25) is 5.91 Å². The number of likely N-dealkylation sites (N-methyl/N-ethyl adjacent to an activating group) is 1. The van der Waals surface area contributed by atoms with E-state index in [1.54, 1.807) is 18.9 Å². The molecule has 114 valence electrons. The molecule has 0 aliphatic heterocycles. The van der Waals surface area contributed by atoms with Crippen molar-refractivity contribution in [2.45, 2.75) is 19.9 Å². The SMILES string of the molecule is Cc1nc(CC(=O)N(C)Cc2ccccc2)ncc1C(=O)O. The van der Waals surface area contributed by atoms with Gasteiger partial charge in [-0.05, 0) is 12.5 Å². The standard InChI is InChI=1S/C16H17N3O3/c1-11-13(16(21)22)9-17-14(18-11)8-15(20)19(2)10-12-6-4-3-5-7-12/h3-7,9H,8,10H2,1-2H3,(H,21,22). The summed E-state index contributed by atoms with van der Waals surface area (Å²) < 4.78 is 0. The van der Waals surface area contributed by atoms with Crippen molar-refractivity contribution in [3.05, 3.63) is 59.2 Å². The van der Waals surface area contributed by atoms with Crippen LogP contribution in [-0.2, 0) is 17.8 Å². The van der Waals surface area contributed by atoms with Crippen LogP contribution in [0.4, 0.5) is 0 Å². The smallest absolute Gasteiger partial charge is 0.339 e. The van der Waals surface area contributed by atoms with E-state index in [-0.39, 0.29) is 17.9 Å². The predicted molar refractivity (Wildman–Crippen MR) is 80.3 cm³/mol. The van der Waals surface area contributed by atoms with Crippen LogP contribution in [0.5, 0.6) is 0 Å². The van der Waals surface area contributed by atoms with E-state index in [9.17, 15) is 9.59 Å². The van der Waals surface area contributed by atoms with Gasteiger partial charge in [0.1, 0.15) is 5.82 Å². The van der Waals surface area contributed by atoms with Gasteiger partial charge in [0.25, 0.3) is 0 Å². The van der Waals surface area contributed by atoms with Crippen molar-refractivity contribution >= 4 is 11.9 Å². The Hall–Kier alpha value is -2.76. The minimum atomic E-state index is -1.07. The van der Waals surface area contributed by atoms with Gasteiger partial charge in [-0.3, -0.25) is 4.79 Å². The Labute approximate surface area is 128 Å². The number of rotatable bonds is 5. The molecule has 1 heterocycles. The number of carboxylic acids is 1. The van der Waals surface area contributed by atoms with Crippen LogP contribution < -0.4 is 0 Å². The highest BCUT2D eigenvalue weighted by atomic mass is 16.4. The topological polar surface area (TPSA) is 83.4 Å². The number of carboxylic acid groups (broad SMARTS) is 1. The first kappa shape index (κ1) is 15.6. The van der Waals surface area contributed by atoms with Crippen LogP contribution in [-0.4, -0.2) is 38.9 Å². The quantitative estimate of drug-likeness (QED) is 0.908. The molecular weight excluding hydrogens is 282 g/mol. The molecule has 0 spiro atoms. The van der Waals surface area contributed by atoms with E-state index in [0.29, 0.717) is 18.1 Å². The van der Waals surface area contributed by atoms with Gasteiger partial charge in [0.15, 0.2) is 0 Å². The van der Waals surface area contributed by atoms with Crippen LogP contribution in [0, 0.1) is 6.92 Å². The average Bonchev–Trinajstić information content (AvgIpc) is 2.47. The van der Waals surface area contributed by atoms with Crippen molar-refractivity contribution < 1.29 is 14.7 Å². The Kier molecular flexibility index (Phi) is 4.83. The Balaban J connectivity index is 2.02. The normalized spacial score (nSPS) is 10.3. The Morgan fingerprint density at radius 2 is 1.91 bits per heavy atom. The summed E-state index contributed by atoms with van der Waals surface area (Å²) in [6, 6.07) is 9.67. The maximum absolute atomic E-state index is 12.2. The van der Waals surface area contributed by atoms with E-state index in [4.69, 9.17) is 5.11 Å². The molecule has 0 aliphatic rings. The van der Waals surface area contributed by atoms with Crippen LogP contribution >= 0.6 is 0 Å². The van der Waals surface area contributed by atoms with Crippen LogP contribution in [0.3, 0.4) is 0 Å². The summed E-state index contributed by atoms with van der Waals surface area (Å²) in [5.41, 5.74) is 1.45. The number of carbonyl (C=O) groups excluding carboxylic acids is 1. The fourth-order valence-corrected chi connectivity index (χ4v) is 2.03. The van der Waals surface area contributed by atoms with E-state index < -0.39 is 5.97 Å². The number of aryl methyl sites for hydroxylation is 1. The lowest BCUT2D eigenvalue weighted by Gasteiger charge is -2.17. The summed E-state index contributed by atoms with van der Waals surface area (Å²) in [7, 11) is 1.72. The van der Waals surface area contributed by atoms with Crippen LogP contribution in [0.25, 0.3) is 0 Å². The van der Waals surface area contributed by atoms with Gasteiger partial charge in [-0.25, -0.2) is 14.8 Å². The van der Waals surface area contributed by atoms with Gasteiger partial charge in [0.05, 0.1) is 17.7 Å². The van der Waals surface area contributed by atoms with E-state index in [0.717, 1.165) is 5.56 Å². The molecule has 22 heavy (non-hydrogen) atoms. The van der Waals surface area contributed by atoms with Gasteiger partial charge < -0.3 is 10.0 Å². The molecule has 0 fully saturated rings. The fourth-order valence-electron chi connectivity index (χ4n) is 2.03. The minimum absolute atomic E-state index is 0.0457. The minimum Gasteiger partial charge on any atom is -0.478 e. The molecule has 1 N–H and O–H groups in total. The predicted octanol–water partition coefficient (Wildman–Crippen LogP) is 1.68. The van der Waals surface area contributed by atoms with Gasteiger partial charge >= 0.3 is 5.97 Å². The Morgan fingerprint density at radius 3 is 2.50 bits per heavy atom. The van der Waals surface area contributed by atoms with Crippen LogP contribution in [0.2, 0.25) is 0 Å². The molecule has 1 aromatic heterocycles. The van der Waals surface area contributed by atoms with E-state index in [1.165, 1.54) is 6.20 Å². The molecule has 1 amide bonds. The third-order valence-electron chi connectivity index (χ3n) is 3.26. The molecule has 1 aromatic carbocycles. The summed E-state index contributed by atoms with van der Waals surface area (Å²) in [6.45, 7) is 2.10. The van der Waals surface area contributed by atoms with Gasteiger partial charge in [-0.2, -0.15) is 0 Å². The van der Waals surface area contributed by atoms with E-state index >= 15 is 0 Å². The van der Waals surface area contributed by atoms with Crippen LogP contribution in [0.15, 0.2) is 36.5 Å². The molecule has 2 rings (SSSR count). The molecule has 0 bridgehead atoms. The maximum Gasteiger partial charge on any atom is 0.339 e. The molecule has 0 atom stereocenters. The zero-order valence-corrected chi connectivity index (χ0v) is 12.5. The number of hydrogen-bond donors (Lipinski definition) is 1. The van der Waals surface area contributed by atoms with Crippen molar-refractivity contribution in [1.82, 2.24) is 14.9 Å². The lowest BCUT2D eigenvalue weighted by molar-refractivity contribution is -0.129. The molecule has 0 aliphatic carbocycles. The second-order valence-corrected chi connectivity index (χ2v) is 5.00. The number of aromatic nitrogens is 2. The molecule has 0 unspecified atom stereocenters. The highest BCUT2D eigenvalue weighted by Gasteiger charge is 2.15. The Morgan fingerprint density at radius 1 is 1.23 bits per heavy atom. The maximum atomic E-state index is 12.2. The summed E-state index contributed by atoms with van der Waals surface area (Å²) in [5.74, 6) is -0.865. The van der Waals surface area contributed by atoms with Crippen molar-refractivity contribution in [1.29, 1.82) is 0 Å². The van der Waals surface area contributed by atoms with Gasteiger partial charge in [0, 0.05) is 19.8 Å². The lowest BCUT2D eigenvalue weighted by atomic mass is 10.2.